The minimum absolute atomic E-state index is 0. The van der Waals surface area contributed by atoms with Crippen molar-refractivity contribution in [2.75, 3.05) is 19.6 Å². The van der Waals surface area contributed by atoms with Crippen molar-refractivity contribution < 1.29 is 16.9 Å². The molecule has 204 valence electrons. The van der Waals surface area contributed by atoms with E-state index in [9.17, 15) is 0 Å². The second-order valence-electron chi connectivity index (χ2n) is 10.8. The van der Waals surface area contributed by atoms with Gasteiger partial charge in [-0.2, -0.15) is 0 Å². The summed E-state index contributed by atoms with van der Waals surface area (Å²) in [7, 11) is 0. The molecule has 0 bridgehead atoms. The highest BCUT2D eigenvalue weighted by atomic mass is 35.5. The van der Waals surface area contributed by atoms with E-state index in [0.717, 1.165) is 0 Å². The normalized spacial score (nSPS) is 11.4. The number of aryl methyl sites for hydroxylation is 1. The van der Waals surface area contributed by atoms with E-state index in [-0.39, 0.29) is 12.4 Å². The molecule has 0 aromatic heterocycles. The van der Waals surface area contributed by atoms with Crippen molar-refractivity contribution in [3.63, 3.8) is 0 Å². The fourth-order valence-corrected chi connectivity index (χ4v) is 5.31. The van der Waals surface area contributed by atoms with Gasteiger partial charge in [0, 0.05) is 0 Å². The third-order valence-electron chi connectivity index (χ3n) is 7.71. The first-order valence-corrected chi connectivity index (χ1v) is 15.3. The molecule has 0 radical (unpaired) electrons. The highest BCUT2D eigenvalue weighted by Crippen LogP contribution is 2.19. The lowest BCUT2D eigenvalue weighted by atomic mass is 10.0. The molecular formula is C33H60ClN. The van der Waals surface area contributed by atoms with E-state index in [2.05, 4.69) is 57.0 Å². The van der Waals surface area contributed by atoms with E-state index in [0.29, 0.717) is 0 Å². The van der Waals surface area contributed by atoms with Crippen LogP contribution in [0.4, 0.5) is 0 Å². The van der Waals surface area contributed by atoms with E-state index < -0.39 is 0 Å². The van der Waals surface area contributed by atoms with Crippen molar-refractivity contribution in [2.45, 2.75) is 142 Å². The van der Waals surface area contributed by atoms with Gasteiger partial charge in [0.25, 0.3) is 0 Å². The van der Waals surface area contributed by atoms with Gasteiger partial charge in [-0.1, -0.05) is 121 Å². The molecule has 0 saturated carbocycles. The molecule has 0 amide bonds. The van der Waals surface area contributed by atoms with Crippen LogP contribution in [0.25, 0.3) is 0 Å². The van der Waals surface area contributed by atoms with Crippen LogP contribution in [0.15, 0.2) is 43.1 Å². The number of hydrogen-bond acceptors (Lipinski definition) is 0. The van der Waals surface area contributed by atoms with Gasteiger partial charge in [0.1, 0.15) is 0 Å². The van der Waals surface area contributed by atoms with Crippen LogP contribution >= 0.6 is 0 Å². The first-order chi connectivity index (χ1) is 16.8. The van der Waals surface area contributed by atoms with Gasteiger partial charge in [-0.3, -0.25) is 4.48 Å². The smallest absolute Gasteiger partial charge is 0.0885 e. The van der Waals surface area contributed by atoms with Crippen LogP contribution in [0.2, 0.25) is 0 Å². The Kier molecular flexibility index (Phi) is 24.3. The average Bonchev–Trinajstić information content (AvgIpc) is 2.87. The predicted molar refractivity (Wildman–Crippen MR) is 154 cm³/mol. The largest absolute Gasteiger partial charge is 1.00 e. The zero-order valence-electron chi connectivity index (χ0n) is 23.8. The number of rotatable bonds is 25. The van der Waals surface area contributed by atoms with Gasteiger partial charge < -0.3 is 12.4 Å². The average molecular weight is 506 g/mol. The molecule has 1 rings (SSSR count). The summed E-state index contributed by atoms with van der Waals surface area (Å²) in [5, 5.41) is 0. The zero-order valence-corrected chi connectivity index (χ0v) is 24.5. The molecule has 1 nitrogen and oxygen atoms in total. The van der Waals surface area contributed by atoms with Crippen molar-refractivity contribution in [3.05, 3.63) is 48.7 Å². The number of unbranched alkanes of at least 4 members (excludes halogenated alkanes) is 16. The Morgan fingerprint density at radius 1 is 0.543 bits per heavy atom. The molecule has 0 atom stereocenters. The van der Waals surface area contributed by atoms with Crippen LogP contribution < -0.4 is 12.4 Å². The van der Waals surface area contributed by atoms with E-state index in [1.165, 1.54) is 158 Å². The maximum atomic E-state index is 4.34. The Balaban J connectivity index is 0.0000116. The SMILES string of the molecule is C=C[N+](CCCCCCCC)(CCCCCCCC)CCCCCCCCCc1ccccc1.[Cl-]. The van der Waals surface area contributed by atoms with Crippen LogP contribution in [0, 0.1) is 0 Å². The lowest BCUT2D eigenvalue weighted by Crippen LogP contribution is -3.00. The molecule has 2 heteroatoms. The summed E-state index contributed by atoms with van der Waals surface area (Å²) < 4.78 is 1.18. The first-order valence-electron chi connectivity index (χ1n) is 15.3. The highest BCUT2D eigenvalue weighted by molar-refractivity contribution is 5.14. The quantitative estimate of drug-likeness (QED) is 0.0945. The van der Waals surface area contributed by atoms with E-state index in [1.807, 2.05) is 0 Å². The van der Waals surface area contributed by atoms with Crippen LogP contribution in [0.3, 0.4) is 0 Å². The summed E-state index contributed by atoms with van der Waals surface area (Å²) >= 11 is 0. The molecule has 0 aliphatic carbocycles. The maximum absolute atomic E-state index is 4.34. The monoisotopic (exact) mass is 505 g/mol. The molecule has 0 aliphatic rings. The molecule has 0 aliphatic heterocycles. The fourth-order valence-electron chi connectivity index (χ4n) is 5.31. The van der Waals surface area contributed by atoms with Crippen molar-refractivity contribution in [1.82, 2.24) is 0 Å². The van der Waals surface area contributed by atoms with Crippen LogP contribution in [-0.2, 0) is 6.42 Å². The fraction of sp³-hybridized carbons (Fsp3) is 0.758. The summed E-state index contributed by atoms with van der Waals surface area (Å²) in [5.74, 6) is 0. The summed E-state index contributed by atoms with van der Waals surface area (Å²) in [5.41, 5.74) is 1.50. The van der Waals surface area contributed by atoms with Gasteiger partial charge in [-0.05, 0) is 63.5 Å². The Morgan fingerprint density at radius 2 is 0.914 bits per heavy atom. The summed E-state index contributed by atoms with van der Waals surface area (Å²) in [4.78, 5) is 0. The van der Waals surface area contributed by atoms with Crippen LogP contribution in [-0.4, -0.2) is 24.1 Å². The molecule has 0 unspecified atom stereocenters. The van der Waals surface area contributed by atoms with Crippen LogP contribution in [0.5, 0.6) is 0 Å². The number of nitrogens with zero attached hydrogens (tertiary/aromatic N) is 1. The Bertz CT molecular complexity index is 539. The Labute approximate surface area is 227 Å². The topological polar surface area (TPSA) is 0 Å². The highest BCUT2D eigenvalue weighted by Gasteiger charge is 2.22. The van der Waals surface area contributed by atoms with Gasteiger partial charge >= 0.3 is 0 Å². The lowest BCUT2D eigenvalue weighted by Gasteiger charge is -2.35. The molecule has 35 heavy (non-hydrogen) atoms. The molecule has 0 spiro atoms. The molecule has 0 heterocycles. The molecule has 0 N–H and O–H groups in total. The molecule has 1 aromatic rings. The Morgan fingerprint density at radius 3 is 1.31 bits per heavy atom. The number of halogens is 1. The van der Waals surface area contributed by atoms with Gasteiger partial charge in [0.2, 0.25) is 0 Å². The first kappa shape index (κ1) is 34.2. The second-order valence-corrected chi connectivity index (χ2v) is 10.8. The van der Waals surface area contributed by atoms with Gasteiger partial charge in [-0.15, -0.1) is 0 Å². The summed E-state index contributed by atoms with van der Waals surface area (Å²) in [6.07, 6.45) is 30.1. The Hall–Kier alpha value is -0.790. The van der Waals surface area contributed by atoms with E-state index in [4.69, 9.17) is 0 Å². The minimum Gasteiger partial charge on any atom is -1.00 e. The predicted octanol–water partition coefficient (Wildman–Crippen LogP) is 7.65. The lowest BCUT2D eigenvalue weighted by molar-refractivity contribution is -0.880. The number of quaternary nitrogens is 1. The molecule has 0 fully saturated rings. The maximum Gasteiger partial charge on any atom is 0.0885 e. The summed E-state index contributed by atoms with van der Waals surface area (Å²) in [6.45, 7) is 12.9. The zero-order chi connectivity index (χ0) is 24.6. The minimum atomic E-state index is 0. The van der Waals surface area contributed by atoms with Crippen molar-refractivity contribution >= 4 is 0 Å². The van der Waals surface area contributed by atoms with E-state index >= 15 is 0 Å². The van der Waals surface area contributed by atoms with Crippen molar-refractivity contribution in [1.29, 1.82) is 0 Å². The van der Waals surface area contributed by atoms with Gasteiger partial charge in [0.15, 0.2) is 0 Å². The number of hydrogen-bond donors (Lipinski definition) is 0. The van der Waals surface area contributed by atoms with Gasteiger partial charge in [-0.25, -0.2) is 0 Å². The molecular weight excluding hydrogens is 446 g/mol. The third kappa shape index (κ3) is 19.0. The van der Waals surface area contributed by atoms with Crippen LogP contribution in [0.1, 0.15) is 141 Å². The van der Waals surface area contributed by atoms with E-state index in [1.54, 1.807) is 0 Å². The second kappa shape index (κ2) is 24.9. The summed E-state index contributed by atoms with van der Waals surface area (Å²) in [6, 6.07) is 11.0. The standard InChI is InChI=1S/C33H60N.ClH/c1-4-7-9-11-17-24-30-34(6-3,31-25-18-12-10-8-5-2)32-26-19-15-13-14-16-21-27-33-28-22-20-23-29-33;/h6,20,22-23,28-29H,3-5,7-19,21,24-27,30-32H2,1-2H3;1H/q+1;/p-1. The number of benzene rings is 1. The van der Waals surface area contributed by atoms with Crippen molar-refractivity contribution in [2.24, 2.45) is 0 Å². The molecule has 0 saturated heterocycles. The van der Waals surface area contributed by atoms with Crippen molar-refractivity contribution in [3.8, 4) is 0 Å². The molecule has 1 aromatic carbocycles. The van der Waals surface area contributed by atoms with Gasteiger partial charge in [0.05, 0.1) is 25.8 Å². The third-order valence-corrected chi connectivity index (χ3v) is 7.71.